The molecule has 0 aromatic carbocycles. The SMILES string of the molecule is CCC1CS(=O)CCC(C)N1. The van der Waals surface area contributed by atoms with Crippen molar-refractivity contribution in [2.45, 2.75) is 38.8 Å². The molecule has 0 aromatic heterocycles. The van der Waals surface area contributed by atoms with Gasteiger partial charge in [0.15, 0.2) is 0 Å². The lowest BCUT2D eigenvalue weighted by Gasteiger charge is -2.16. The Bertz CT molecular complexity index is 149. The molecule has 0 aliphatic carbocycles. The minimum absolute atomic E-state index is 0.480. The summed E-state index contributed by atoms with van der Waals surface area (Å²) in [6.45, 7) is 4.32. The molecular formula is C8H17NOS. The molecule has 11 heavy (non-hydrogen) atoms. The fourth-order valence-corrected chi connectivity index (χ4v) is 2.95. The van der Waals surface area contributed by atoms with Crippen molar-refractivity contribution in [1.29, 1.82) is 0 Å². The summed E-state index contributed by atoms with van der Waals surface area (Å²) in [6.07, 6.45) is 2.15. The van der Waals surface area contributed by atoms with E-state index in [0.29, 0.717) is 12.1 Å². The second-order valence-corrected chi connectivity index (χ2v) is 4.89. The van der Waals surface area contributed by atoms with E-state index in [1.807, 2.05) is 0 Å². The third-order valence-electron chi connectivity index (χ3n) is 2.18. The van der Waals surface area contributed by atoms with E-state index in [4.69, 9.17) is 0 Å². The number of hydrogen-bond donors (Lipinski definition) is 1. The second-order valence-electron chi connectivity index (χ2n) is 3.27. The summed E-state index contributed by atoms with van der Waals surface area (Å²) in [5, 5.41) is 3.47. The van der Waals surface area contributed by atoms with Gasteiger partial charge >= 0.3 is 0 Å². The highest BCUT2D eigenvalue weighted by Gasteiger charge is 2.18. The van der Waals surface area contributed by atoms with Gasteiger partial charge in [0.05, 0.1) is 0 Å². The predicted octanol–water partition coefficient (Wildman–Crippen LogP) is 0.896. The first-order chi connectivity index (χ1) is 5.22. The van der Waals surface area contributed by atoms with Crippen LogP contribution in [0.1, 0.15) is 26.7 Å². The Kier molecular flexibility index (Phi) is 3.52. The maximum absolute atomic E-state index is 11.3. The Labute approximate surface area is 71.2 Å². The third-order valence-corrected chi connectivity index (χ3v) is 3.64. The van der Waals surface area contributed by atoms with Crippen molar-refractivity contribution in [2.75, 3.05) is 11.5 Å². The van der Waals surface area contributed by atoms with Crippen LogP contribution in [0.5, 0.6) is 0 Å². The number of hydrogen-bond acceptors (Lipinski definition) is 2. The summed E-state index contributed by atoms with van der Waals surface area (Å²) in [5.41, 5.74) is 0. The molecule has 1 aliphatic heterocycles. The molecule has 2 nitrogen and oxygen atoms in total. The Morgan fingerprint density at radius 3 is 3.00 bits per heavy atom. The second kappa shape index (κ2) is 4.21. The standard InChI is InChI=1S/C8H17NOS/c1-3-8-6-11(10)5-4-7(2)9-8/h7-9H,3-6H2,1-2H3. The van der Waals surface area contributed by atoms with Crippen LogP contribution in [0.15, 0.2) is 0 Å². The summed E-state index contributed by atoms with van der Waals surface area (Å²) in [7, 11) is -0.571. The summed E-state index contributed by atoms with van der Waals surface area (Å²) in [4.78, 5) is 0. The van der Waals surface area contributed by atoms with Gasteiger partial charge in [-0.2, -0.15) is 0 Å². The molecule has 66 valence electrons. The average Bonchev–Trinajstić information content (AvgIpc) is 2.13. The Morgan fingerprint density at radius 2 is 2.36 bits per heavy atom. The van der Waals surface area contributed by atoms with E-state index in [-0.39, 0.29) is 0 Å². The highest BCUT2D eigenvalue weighted by atomic mass is 32.2. The van der Waals surface area contributed by atoms with Crippen molar-refractivity contribution in [3.8, 4) is 0 Å². The van der Waals surface area contributed by atoms with Crippen molar-refractivity contribution in [1.82, 2.24) is 5.32 Å². The number of nitrogens with one attached hydrogen (secondary N) is 1. The summed E-state index contributed by atoms with van der Waals surface area (Å²) < 4.78 is 11.3. The summed E-state index contributed by atoms with van der Waals surface area (Å²) in [6, 6.07) is 1.03. The van der Waals surface area contributed by atoms with Gasteiger partial charge in [0.2, 0.25) is 0 Å². The van der Waals surface area contributed by atoms with Gasteiger partial charge in [-0.3, -0.25) is 4.21 Å². The van der Waals surface area contributed by atoms with E-state index in [1.165, 1.54) is 0 Å². The van der Waals surface area contributed by atoms with Gasteiger partial charge < -0.3 is 5.32 Å². The van der Waals surface area contributed by atoms with Crippen LogP contribution < -0.4 is 5.32 Å². The maximum Gasteiger partial charge on any atom is 0.0388 e. The average molecular weight is 175 g/mol. The lowest BCUT2D eigenvalue weighted by Crippen LogP contribution is -2.36. The van der Waals surface area contributed by atoms with Crippen LogP contribution in [0, 0.1) is 0 Å². The van der Waals surface area contributed by atoms with E-state index in [9.17, 15) is 4.21 Å². The normalized spacial score (nSPS) is 40.0. The molecule has 0 spiro atoms. The molecule has 1 aliphatic rings. The predicted molar refractivity (Wildman–Crippen MR) is 49.2 cm³/mol. The van der Waals surface area contributed by atoms with E-state index in [2.05, 4.69) is 19.2 Å². The zero-order valence-corrected chi connectivity index (χ0v) is 8.12. The van der Waals surface area contributed by atoms with Crippen molar-refractivity contribution >= 4 is 10.8 Å². The molecule has 0 saturated carbocycles. The molecule has 1 N–H and O–H groups in total. The largest absolute Gasteiger partial charge is 0.311 e. The van der Waals surface area contributed by atoms with Crippen LogP contribution in [0.4, 0.5) is 0 Å². The van der Waals surface area contributed by atoms with Crippen LogP contribution in [-0.2, 0) is 10.8 Å². The molecule has 1 fully saturated rings. The molecule has 1 heterocycles. The van der Waals surface area contributed by atoms with E-state index in [1.54, 1.807) is 0 Å². The van der Waals surface area contributed by atoms with Crippen LogP contribution >= 0.6 is 0 Å². The lowest BCUT2D eigenvalue weighted by atomic mass is 10.2. The van der Waals surface area contributed by atoms with Crippen LogP contribution in [0.3, 0.4) is 0 Å². The van der Waals surface area contributed by atoms with Crippen molar-refractivity contribution in [3.63, 3.8) is 0 Å². The first-order valence-electron chi connectivity index (χ1n) is 4.33. The highest BCUT2D eigenvalue weighted by Crippen LogP contribution is 2.06. The zero-order valence-electron chi connectivity index (χ0n) is 7.30. The quantitative estimate of drug-likeness (QED) is 0.641. The van der Waals surface area contributed by atoms with Crippen LogP contribution in [-0.4, -0.2) is 27.8 Å². The first-order valence-corrected chi connectivity index (χ1v) is 5.82. The number of rotatable bonds is 1. The van der Waals surface area contributed by atoms with Gasteiger partial charge in [0.1, 0.15) is 0 Å². The van der Waals surface area contributed by atoms with E-state index in [0.717, 1.165) is 24.3 Å². The minimum atomic E-state index is -0.571. The Balaban J connectivity index is 2.47. The smallest absolute Gasteiger partial charge is 0.0388 e. The monoisotopic (exact) mass is 175 g/mol. The molecule has 3 heteroatoms. The molecule has 1 rings (SSSR count). The Morgan fingerprint density at radius 1 is 1.64 bits per heavy atom. The van der Waals surface area contributed by atoms with Crippen LogP contribution in [0.2, 0.25) is 0 Å². The third kappa shape index (κ3) is 2.91. The van der Waals surface area contributed by atoms with Crippen molar-refractivity contribution in [3.05, 3.63) is 0 Å². The van der Waals surface area contributed by atoms with Crippen molar-refractivity contribution in [2.24, 2.45) is 0 Å². The molecule has 3 atom stereocenters. The fourth-order valence-electron chi connectivity index (χ4n) is 1.39. The fraction of sp³-hybridized carbons (Fsp3) is 1.00. The topological polar surface area (TPSA) is 29.1 Å². The summed E-state index contributed by atoms with van der Waals surface area (Å²) in [5.74, 6) is 1.73. The highest BCUT2D eigenvalue weighted by molar-refractivity contribution is 7.85. The molecule has 0 bridgehead atoms. The van der Waals surface area contributed by atoms with Gasteiger partial charge in [-0.25, -0.2) is 0 Å². The summed E-state index contributed by atoms with van der Waals surface area (Å²) >= 11 is 0. The molecule has 1 saturated heterocycles. The van der Waals surface area contributed by atoms with Gasteiger partial charge in [-0.1, -0.05) is 6.92 Å². The van der Waals surface area contributed by atoms with Gasteiger partial charge in [0.25, 0.3) is 0 Å². The Hall–Kier alpha value is 0.110. The molecule has 0 aromatic rings. The van der Waals surface area contributed by atoms with Gasteiger partial charge in [-0.05, 0) is 19.8 Å². The van der Waals surface area contributed by atoms with Gasteiger partial charge in [0, 0.05) is 34.4 Å². The molecule has 0 amide bonds. The molecular weight excluding hydrogens is 158 g/mol. The molecule has 0 radical (unpaired) electrons. The van der Waals surface area contributed by atoms with E-state index >= 15 is 0 Å². The van der Waals surface area contributed by atoms with Crippen LogP contribution in [0.25, 0.3) is 0 Å². The zero-order chi connectivity index (χ0) is 8.27. The van der Waals surface area contributed by atoms with E-state index < -0.39 is 10.8 Å². The molecule has 3 unspecified atom stereocenters. The van der Waals surface area contributed by atoms with Crippen molar-refractivity contribution < 1.29 is 4.21 Å². The maximum atomic E-state index is 11.3. The minimum Gasteiger partial charge on any atom is -0.311 e. The van der Waals surface area contributed by atoms with Gasteiger partial charge in [-0.15, -0.1) is 0 Å². The lowest BCUT2D eigenvalue weighted by molar-refractivity contribution is 0.463. The first kappa shape index (κ1) is 9.20.